The molecule has 1 unspecified atom stereocenters. The maximum Gasteiger partial charge on any atom is 0.0450 e. The Morgan fingerprint density at radius 2 is 1.95 bits per heavy atom. The number of unbranched alkanes of at least 4 members (excludes halogenated alkanes) is 3. The first-order valence-electron chi connectivity index (χ1n) is 8.41. The Balaban J connectivity index is 2.90. The van der Waals surface area contributed by atoms with Gasteiger partial charge in [0.2, 0.25) is 0 Å². The number of aromatic nitrogens is 1. The SMILES string of the molecule is C=C/C=C(\c1cc[nH]c1C=C)C(CCC)CCCCCC. The Labute approximate surface area is 130 Å². The van der Waals surface area contributed by atoms with Crippen LogP contribution in [0, 0.1) is 5.92 Å². The Kier molecular flexibility index (Phi) is 8.57. The first kappa shape index (κ1) is 17.6. The molecule has 1 heterocycles. The molecule has 0 amide bonds. The fourth-order valence-corrected chi connectivity index (χ4v) is 3.00. The van der Waals surface area contributed by atoms with Gasteiger partial charge in [-0.3, -0.25) is 0 Å². The van der Waals surface area contributed by atoms with E-state index in [1.165, 1.54) is 56.1 Å². The molecule has 0 aliphatic carbocycles. The summed E-state index contributed by atoms with van der Waals surface area (Å²) < 4.78 is 0. The standard InChI is InChI=1S/C20H31N/c1-5-9-10-11-14-17(12-6-2)18(13-7-3)19-15-16-21-20(19)8-4/h7-8,13,15-17,21H,3-6,9-12,14H2,1-2H3/b18-13-. The predicted octanol–water partition coefficient (Wildman–Crippen LogP) is 6.61. The van der Waals surface area contributed by atoms with Crippen molar-refractivity contribution in [1.29, 1.82) is 0 Å². The number of hydrogen-bond donors (Lipinski definition) is 1. The molecule has 1 N–H and O–H groups in total. The van der Waals surface area contributed by atoms with Crippen molar-refractivity contribution in [3.63, 3.8) is 0 Å². The van der Waals surface area contributed by atoms with Gasteiger partial charge in [-0.15, -0.1) is 0 Å². The van der Waals surface area contributed by atoms with Crippen LogP contribution in [0.5, 0.6) is 0 Å². The van der Waals surface area contributed by atoms with E-state index in [0.717, 1.165) is 5.69 Å². The molecule has 21 heavy (non-hydrogen) atoms. The van der Waals surface area contributed by atoms with Crippen LogP contribution in [0.3, 0.4) is 0 Å². The van der Waals surface area contributed by atoms with Crippen molar-refractivity contribution in [1.82, 2.24) is 4.98 Å². The van der Waals surface area contributed by atoms with Crippen molar-refractivity contribution in [2.45, 2.75) is 58.8 Å². The summed E-state index contributed by atoms with van der Waals surface area (Å²) in [6.07, 6.45) is 17.1. The van der Waals surface area contributed by atoms with E-state index in [-0.39, 0.29) is 0 Å². The predicted molar refractivity (Wildman–Crippen MR) is 96.2 cm³/mol. The highest BCUT2D eigenvalue weighted by Gasteiger charge is 2.17. The molecule has 0 aliphatic heterocycles. The topological polar surface area (TPSA) is 15.8 Å². The summed E-state index contributed by atoms with van der Waals surface area (Å²) in [7, 11) is 0. The first-order valence-corrected chi connectivity index (χ1v) is 8.41. The lowest BCUT2D eigenvalue weighted by Crippen LogP contribution is -2.04. The molecule has 0 bridgehead atoms. The molecule has 116 valence electrons. The molecule has 1 atom stereocenters. The smallest absolute Gasteiger partial charge is 0.0450 e. The first-order chi connectivity index (χ1) is 10.3. The Morgan fingerprint density at radius 3 is 2.57 bits per heavy atom. The maximum atomic E-state index is 3.91. The quantitative estimate of drug-likeness (QED) is 0.347. The Morgan fingerprint density at radius 1 is 1.14 bits per heavy atom. The lowest BCUT2D eigenvalue weighted by Gasteiger charge is -2.20. The molecule has 1 aromatic heterocycles. The average Bonchev–Trinajstić information content (AvgIpc) is 2.96. The van der Waals surface area contributed by atoms with Crippen LogP contribution in [0.1, 0.15) is 70.1 Å². The number of hydrogen-bond acceptors (Lipinski definition) is 0. The molecule has 1 aromatic rings. The van der Waals surface area contributed by atoms with Gasteiger partial charge in [0, 0.05) is 17.5 Å². The van der Waals surface area contributed by atoms with Gasteiger partial charge >= 0.3 is 0 Å². The molecule has 0 aliphatic rings. The molecule has 0 spiro atoms. The molecule has 1 nitrogen and oxygen atoms in total. The zero-order valence-electron chi connectivity index (χ0n) is 13.8. The van der Waals surface area contributed by atoms with Gasteiger partial charge in [-0.25, -0.2) is 0 Å². The van der Waals surface area contributed by atoms with Gasteiger partial charge in [0.1, 0.15) is 0 Å². The summed E-state index contributed by atoms with van der Waals surface area (Å²) in [5.41, 5.74) is 3.83. The number of rotatable bonds is 11. The molecular formula is C20H31N. The van der Waals surface area contributed by atoms with E-state index in [4.69, 9.17) is 0 Å². The number of H-pyrrole nitrogens is 1. The van der Waals surface area contributed by atoms with Crippen LogP contribution in [-0.2, 0) is 0 Å². The van der Waals surface area contributed by atoms with Gasteiger partial charge in [-0.2, -0.15) is 0 Å². The summed E-state index contributed by atoms with van der Waals surface area (Å²) in [6, 6.07) is 2.17. The van der Waals surface area contributed by atoms with Crippen LogP contribution in [0.2, 0.25) is 0 Å². The fourth-order valence-electron chi connectivity index (χ4n) is 3.00. The van der Waals surface area contributed by atoms with E-state index in [0.29, 0.717) is 5.92 Å². The van der Waals surface area contributed by atoms with E-state index in [9.17, 15) is 0 Å². The molecule has 0 aromatic carbocycles. The largest absolute Gasteiger partial charge is 0.361 e. The second kappa shape index (κ2) is 10.3. The number of nitrogens with one attached hydrogen (secondary N) is 1. The Hall–Kier alpha value is -1.50. The zero-order chi connectivity index (χ0) is 15.5. The fraction of sp³-hybridized carbons (Fsp3) is 0.500. The second-order valence-corrected chi connectivity index (χ2v) is 5.70. The monoisotopic (exact) mass is 285 g/mol. The van der Waals surface area contributed by atoms with Crippen molar-refractivity contribution < 1.29 is 0 Å². The zero-order valence-corrected chi connectivity index (χ0v) is 13.8. The lowest BCUT2D eigenvalue weighted by molar-refractivity contribution is 0.507. The van der Waals surface area contributed by atoms with Crippen molar-refractivity contribution in [2.24, 2.45) is 5.92 Å². The minimum atomic E-state index is 0.624. The van der Waals surface area contributed by atoms with Crippen LogP contribution < -0.4 is 0 Å². The van der Waals surface area contributed by atoms with E-state index >= 15 is 0 Å². The number of aromatic amines is 1. The molecule has 0 fully saturated rings. The summed E-state index contributed by atoms with van der Waals surface area (Å²) >= 11 is 0. The van der Waals surface area contributed by atoms with Crippen LogP contribution in [0.4, 0.5) is 0 Å². The second-order valence-electron chi connectivity index (χ2n) is 5.70. The molecule has 1 heteroatoms. The molecule has 0 saturated heterocycles. The lowest BCUT2D eigenvalue weighted by atomic mass is 9.84. The minimum absolute atomic E-state index is 0.624. The maximum absolute atomic E-state index is 3.91. The molecule has 0 saturated carbocycles. The van der Waals surface area contributed by atoms with Crippen molar-refractivity contribution in [2.75, 3.05) is 0 Å². The van der Waals surface area contributed by atoms with Crippen LogP contribution in [-0.4, -0.2) is 4.98 Å². The van der Waals surface area contributed by atoms with Crippen molar-refractivity contribution >= 4 is 11.6 Å². The van der Waals surface area contributed by atoms with Gasteiger partial charge in [0.25, 0.3) is 0 Å². The summed E-state index contributed by atoms with van der Waals surface area (Å²) in [5.74, 6) is 0.624. The average molecular weight is 285 g/mol. The molecule has 1 rings (SSSR count). The van der Waals surface area contributed by atoms with Crippen LogP contribution in [0.25, 0.3) is 11.6 Å². The highest BCUT2D eigenvalue weighted by atomic mass is 14.7. The van der Waals surface area contributed by atoms with E-state index in [2.05, 4.69) is 44.1 Å². The van der Waals surface area contributed by atoms with Crippen LogP contribution >= 0.6 is 0 Å². The normalized spacial score (nSPS) is 13.1. The van der Waals surface area contributed by atoms with Gasteiger partial charge in [-0.1, -0.05) is 71.3 Å². The summed E-state index contributed by atoms with van der Waals surface area (Å²) in [4.78, 5) is 3.27. The molecule has 0 radical (unpaired) electrons. The molecular weight excluding hydrogens is 254 g/mol. The Bertz CT molecular complexity index is 450. The van der Waals surface area contributed by atoms with E-state index in [1.54, 1.807) is 0 Å². The van der Waals surface area contributed by atoms with E-state index < -0.39 is 0 Å². The van der Waals surface area contributed by atoms with Crippen molar-refractivity contribution in [3.05, 3.63) is 48.8 Å². The summed E-state index contributed by atoms with van der Waals surface area (Å²) in [5, 5.41) is 0. The highest BCUT2D eigenvalue weighted by molar-refractivity contribution is 5.74. The van der Waals surface area contributed by atoms with Crippen LogP contribution in [0.15, 0.2) is 37.6 Å². The van der Waals surface area contributed by atoms with E-state index in [1.807, 2.05) is 18.3 Å². The number of allylic oxidation sites excluding steroid dienone is 3. The van der Waals surface area contributed by atoms with Gasteiger partial charge < -0.3 is 4.98 Å². The van der Waals surface area contributed by atoms with Gasteiger partial charge in [-0.05, 0) is 36.5 Å². The minimum Gasteiger partial charge on any atom is -0.361 e. The third-order valence-corrected chi connectivity index (χ3v) is 4.07. The van der Waals surface area contributed by atoms with Gasteiger partial charge in [0.05, 0.1) is 0 Å². The van der Waals surface area contributed by atoms with Gasteiger partial charge in [0.15, 0.2) is 0 Å². The highest BCUT2D eigenvalue weighted by Crippen LogP contribution is 2.33. The third-order valence-electron chi connectivity index (χ3n) is 4.07. The summed E-state index contributed by atoms with van der Waals surface area (Å²) in [6.45, 7) is 12.4. The third kappa shape index (κ3) is 5.41. The van der Waals surface area contributed by atoms with Crippen molar-refractivity contribution in [3.8, 4) is 0 Å².